The van der Waals surface area contributed by atoms with Crippen LogP contribution in [0.3, 0.4) is 0 Å². The normalized spacial score (nSPS) is 18.6. The van der Waals surface area contributed by atoms with Gasteiger partial charge >= 0.3 is 0 Å². The molecule has 0 radical (unpaired) electrons. The van der Waals surface area contributed by atoms with Crippen molar-refractivity contribution in [2.24, 2.45) is 5.10 Å². The molecule has 1 aliphatic heterocycles. The van der Waals surface area contributed by atoms with Gasteiger partial charge in [0.25, 0.3) is 5.91 Å². The summed E-state index contributed by atoms with van der Waals surface area (Å²) in [6.45, 7) is 2.06. The molecule has 1 aliphatic rings. The lowest BCUT2D eigenvalue weighted by molar-refractivity contribution is -0.123. The average Bonchev–Trinajstić information content (AvgIpc) is 3.13. The van der Waals surface area contributed by atoms with Gasteiger partial charge in [0.2, 0.25) is 0 Å². The molecule has 2 aromatic carbocycles. The van der Waals surface area contributed by atoms with Crippen molar-refractivity contribution in [3.05, 3.63) is 59.3 Å². The molecule has 2 atom stereocenters. The third kappa shape index (κ3) is 3.69. The molecule has 0 fully saturated rings. The number of fused-ring (bicyclic) bond motifs is 3. The van der Waals surface area contributed by atoms with Crippen LogP contribution in [0.2, 0.25) is 0 Å². The monoisotopic (exact) mass is 392 g/mol. The van der Waals surface area contributed by atoms with E-state index in [-0.39, 0.29) is 18.0 Å². The van der Waals surface area contributed by atoms with Crippen LogP contribution in [0, 0.1) is 0 Å². The van der Waals surface area contributed by atoms with E-state index in [9.17, 15) is 4.79 Å². The Hall–Kier alpha value is -3.32. The minimum Gasteiger partial charge on any atom is -0.493 e. The molecule has 150 valence electrons. The summed E-state index contributed by atoms with van der Waals surface area (Å²) in [4.78, 5) is 16.1. The van der Waals surface area contributed by atoms with Crippen LogP contribution in [-0.2, 0) is 11.2 Å². The third-order valence-electron chi connectivity index (χ3n) is 5.25. The Bertz CT molecular complexity index is 1070. The number of nitrogens with one attached hydrogen (secondary N) is 3. The molecule has 1 aromatic heterocycles. The van der Waals surface area contributed by atoms with Gasteiger partial charge in [-0.3, -0.25) is 10.1 Å². The van der Waals surface area contributed by atoms with Gasteiger partial charge in [0.15, 0.2) is 11.5 Å². The molecular formula is C22H24N4O3. The van der Waals surface area contributed by atoms with Crippen molar-refractivity contribution in [1.82, 2.24) is 15.7 Å². The second-order valence-corrected chi connectivity index (χ2v) is 7.06. The lowest BCUT2D eigenvalue weighted by atomic mass is 9.94. The van der Waals surface area contributed by atoms with E-state index in [2.05, 4.69) is 39.9 Å². The first-order valence-corrected chi connectivity index (χ1v) is 9.51. The number of carbonyl (C=O) groups is 1. The number of aromatic amines is 1. The fraction of sp³-hybridized carbons (Fsp3) is 0.273. The van der Waals surface area contributed by atoms with Gasteiger partial charge in [-0.25, -0.2) is 5.43 Å². The van der Waals surface area contributed by atoms with E-state index >= 15 is 0 Å². The predicted octanol–water partition coefficient (Wildman–Crippen LogP) is 2.91. The number of aromatic nitrogens is 1. The molecule has 7 nitrogen and oxygen atoms in total. The predicted molar refractivity (Wildman–Crippen MR) is 113 cm³/mol. The average molecular weight is 392 g/mol. The molecule has 4 rings (SSSR count). The summed E-state index contributed by atoms with van der Waals surface area (Å²) in [6.07, 6.45) is 2.20. The second kappa shape index (κ2) is 7.97. The van der Waals surface area contributed by atoms with Gasteiger partial charge in [-0.1, -0.05) is 18.2 Å². The first kappa shape index (κ1) is 19.0. The van der Waals surface area contributed by atoms with Gasteiger partial charge in [0.05, 0.1) is 26.5 Å². The van der Waals surface area contributed by atoms with Gasteiger partial charge in [-0.15, -0.1) is 0 Å². The minimum atomic E-state index is -0.348. The summed E-state index contributed by atoms with van der Waals surface area (Å²) >= 11 is 0. The Labute approximate surface area is 169 Å². The van der Waals surface area contributed by atoms with E-state index < -0.39 is 0 Å². The second-order valence-electron chi connectivity index (χ2n) is 7.06. The Balaban J connectivity index is 1.46. The van der Waals surface area contributed by atoms with Crippen LogP contribution < -0.4 is 20.2 Å². The lowest BCUT2D eigenvalue weighted by Crippen LogP contribution is -2.47. The van der Waals surface area contributed by atoms with E-state index in [0.29, 0.717) is 17.9 Å². The summed E-state index contributed by atoms with van der Waals surface area (Å²) in [5.41, 5.74) is 6.87. The Kier molecular flexibility index (Phi) is 5.22. The summed E-state index contributed by atoms with van der Waals surface area (Å²) in [6, 6.07) is 13.3. The first-order valence-electron chi connectivity index (χ1n) is 9.51. The Morgan fingerprint density at radius 2 is 1.97 bits per heavy atom. The van der Waals surface area contributed by atoms with E-state index in [4.69, 9.17) is 9.47 Å². The fourth-order valence-corrected chi connectivity index (χ4v) is 3.81. The van der Waals surface area contributed by atoms with Gasteiger partial charge in [-0.2, -0.15) is 5.10 Å². The number of carbonyl (C=O) groups excluding carboxylic acids is 1. The van der Waals surface area contributed by atoms with Crippen LogP contribution in [-0.4, -0.2) is 37.4 Å². The largest absolute Gasteiger partial charge is 0.493 e. The first-order chi connectivity index (χ1) is 14.1. The van der Waals surface area contributed by atoms with Crippen molar-refractivity contribution in [3.8, 4) is 11.5 Å². The number of ether oxygens (including phenoxy) is 2. The lowest BCUT2D eigenvalue weighted by Gasteiger charge is -2.27. The molecule has 3 N–H and O–H groups in total. The number of hydrogen-bond acceptors (Lipinski definition) is 5. The molecule has 2 heterocycles. The van der Waals surface area contributed by atoms with Crippen LogP contribution in [0.5, 0.6) is 11.5 Å². The number of H-pyrrole nitrogens is 1. The number of methoxy groups -OCH3 is 2. The van der Waals surface area contributed by atoms with Crippen molar-refractivity contribution in [2.45, 2.75) is 25.4 Å². The molecule has 0 aliphatic carbocycles. The highest BCUT2D eigenvalue weighted by atomic mass is 16.5. The SMILES string of the molecule is COc1ccc(C=NNC(=O)[C@@H]2Cc3c([nH]c4ccccc34)[C@H](C)N2)cc1OC. The highest BCUT2D eigenvalue weighted by Gasteiger charge is 2.30. The maximum absolute atomic E-state index is 12.7. The fourth-order valence-electron chi connectivity index (χ4n) is 3.81. The number of nitrogens with zero attached hydrogens (tertiary/aromatic N) is 1. The summed E-state index contributed by atoms with van der Waals surface area (Å²) in [7, 11) is 3.17. The molecule has 0 unspecified atom stereocenters. The molecule has 29 heavy (non-hydrogen) atoms. The van der Waals surface area contributed by atoms with Crippen molar-refractivity contribution in [1.29, 1.82) is 0 Å². The number of rotatable bonds is 5. The topological polar surface area (TPSA) is 87.7 Å². The van der Waals surface area contributed by atoms with Gasteiger partial charge in [0, 0.05) is 22.6 Å². The number of benzene rings is 2. The van der Waals surface area contributed by atoms with Gasteiger partial charge < -0.3 is 14.5 Å². The van der Waals surface area contributed by atoms with Crippen LogP contribution >= 0.6 is 0 Å². The van der Waals surface area contributed by atoms with Crippen molar-refractivity contribution in [2.75, 3.05) is 14.2 Å². The Morgan fingerprint density at radius 1 is 1.17 bits per heavy atom. The van der Waals surface area contributed by atoms with E-state index in [1.54, 1.807) is 32.6 Å². The maximum atomic E-state index is 12.7. The van der Waals surface area contributed by atoms with Crippen LogP contribution in [0.15, 0.2) is 47.6 Å². The highest BCUT2D eigenvalue weighted by molar-refractivity contribution is 5.89. The number of amides is 1. The van der Waals surface area contributed by atoms with E-state index in [1.807, 2.05) is 18.2 Å². The zero-order valence-electron chi connectivity index (χ0n) is 16.7. The number of hydrogen-bond donors (Lipinski definition) is 3. The summed E-state index contributed by atoms with van der Waals surface area (Å²) < 4.78 is 10.5. The standard InChI is InChI=1S/C22H24N4O3/c1-13-21-16(15-6-4-5-7-17(15)25-21)11-18(24-13)22(27)26-23-12-14-8-9-19(28-2)20(10-14)29-3/h4-10,12-13,18,24-25H,11H2,1-3H3,(H,26,27)/t13-,18-/m0/s1. The van der Waals surface area contributed by atoms with Gasteiger partial charge in [-0.05, 0) is 48.7 Å². The zero-order chi connectivity index (χ0) is 20.4. The van der Waals surface area contributed by atoms with Crippen LogP contribution in [0.25, 0.3) is 10.9 Å². The molecule has 3 aromatic rings. The van der Waals surface area contributed by atoms with Crippen LogP contribution in [0.4, 0.5) is 0 Å². The molecule has 1 amide bonds. The van der Waals surface area contributed by atoms with Crippen LogP contribution in [0.1, 0.15) is 29.8 Å². The maximum Gasteiger partial charge on any atom is 0.257 e. The smallest absolute Gasteiger partial charge is 0.257 e. The third-order valence-corrected chi connectivity index (χ3v) is 5.25. The van der Waals surface area contributed by atoms with Crippen molar-refractivity contribution in [3.63, 3.8) is 0 Å². The quantitative estimate of drug-likeness (QED) is 0.460. The number of hydrazone groups is 1. The highest BCUT2D eigenvalue weighted by Crippen LogP contribution is 2.31. The van der Waals surface area contributed by atoms with Crippen molar-refractivity contribution >= 4 is 23.0 Å². The number of para-hydroxylation sites is 1. The zero-order valence-corrected chi connectivity index (χ0v) is 16.7. The van der Waals surface area contributed by atoms with Gasteiger partial charge in [0.1, 0.15) is 0 Å². The van der Waals surface area contributed by atoms with Crippen molar-refractivity contribution < 1.29 is 14.3 Å². The van der Waals surface area contributed by atoms with E-state index in [1.165, 1.54) is 10.9 Å². The molecule has 0 bridgehead atoms. The molecule has 0 saturated carbocycles. The minimum absolute atomic E-state index is 0.0525. The summed E-state index contributed by atoms with van der Waals surface area (Å²) in [5, 5.41) is 8.64. The molecule has 0 saturated heterocycles. The summed E-state index contributed by atoms with van der Waals surface area (Å²) in [5.74, 6) is 1.09. The van der Waals surface area contributed by atoms with E-state index in [0.717, 1.165) is 16.8 Å². The Morgan fingerprint density at radius 3 is 2.76 bits per heavy atom. The molecule has 7 heteroatoms. The molecule has 0 spiro atoms. The molecular weight excluding hydrogens is 368 g/mol.